The molecule has 0 unspecified atom stereocenters. The second-order valence-electron chi connectivity index (χ2n) is 3.84. The zero-order valence-electron chi connectivity index (χ0n) is 9.70. The minimum atomic E-state index is -0.390. The summed E-state index contributed by atoms with van der Waals surface area (Å²) in [6.07, 6.45) is 1.07. The molecule has 0 aliphatic rings. The highest BCUT2D eigenvalue weighted by Crippen LogP contribution is 2.25. The summed E-state index contributed by atoms with van der Waals surface area (Å²) in [7, 11) is 0. The molecule has 0 aliphatic heterocycles. The number of H-pyrrole nitrogens is 1. The van der Waals surface area contributed by atoms with Gasteiger partial charge in [-0.3, -0.25) is 4.98 Å². The van der Waals surface area contributed by atoms with Gasteiger partial charge in [-0.2, -0.15) is 0 Å². The van der Waals surface area contributed by atoms with E-state index < -0.39 is 5.76 Å². The van der Waals surface area contributed by atoms with Gasteiger partial charge in [0, 0.05) is 17.5 Å². The van der Waals surface area contributed by atoms with E-state index in [0.717, 1.165) is 35.1 Å². The lowest BCUT2D eigenvalue weighted by Gasteiger charge is -2.23. The van der Waals surface area contributed by atoms with Crippen molar-refractivity contribution >= 4 is 39.4 Å². The number of oxazole rings is 1. The molecule has 1 heterocycles. The molecule has 1 aromatic carbocycles. The number of nitrogens with one attached hydrogen (secondary N) is 1. The zero-order chi connectivity index (χ0) is 12.3. The van der Waals surface area contributed by atoms with Gasteiger partial charge in [-0.15, -0.1) is 0 Å². The Labute approximate surface area is 113 Å². The second kappa shape index (κ2) is 5.57. The highest BCUT2D eigenvalue weighted by atomic mass is 127. The molecule has 0 saturated heterocycles. The van der Waals surface area contributed by atoms with Gasteiger partial charge in [-0.1, -0.05) is 35.6 Å². The van der Waals surface area contributed by atoms with Crippen LogP contribution in [-0.4, -0.2) is 22.5 Å². The van der Waals surface area contributed by atoms with Crippen molar-refractivity contribution in [1.82, 2.24) is 4.98 Å². The van der Waals surface area contributed by atoms with E-state index in [9.17, 15) is 4.79 Å². The fourth-order valence-corrected chi connectivity index (χ4v) is 2.51. The summed E-state index contributed by atoms with van der Waals surface area (Å²) in [6, 6.07) is 5.80. The maximum atomic E-state index is 11.2. The summed E-state index contributed by atoms with van der Waals surface area (Å²) >= 11 is 2.36. The molecule has 0 atom stereocenters. The normalized spacial score (nSPS) is 10.9. The first kappa shape index (κ1) is 12.5. The summed E-state index contributed by atoms with van der Waals surface area (Å²) in [5.74, 6) is -0.390. The summed E-state index contributed by atoms with van der Waals surface area (Å²) < 4.78 is 6.26. The number of hydrogen-bond donors (Lipinski definition) is 1. The average Bonchev–Trinajstić information content (AvgIpc) is 2.68. The fourth-order valence-electron chi connectivity index (χ4n) is 1.93. The first-order valence-electron chi connectivity index (χ1n) is 5.69. The topological polar surface area (TPSA) is 49.2 Å². The van der Waals surface area contributed by atoms with E-state index in [2.05, 4.69) is 39.4 Å². The molecule has 2 rings (SSSR count). The van der Waals surface area contributed by atoms with E-state index in [4.69, 9.17) is 4.42 Å². The van der Waals surface area contributed by atoms with Crippen LogP contribution in [0.15, 0.2) is 27.4 Å². The quantitative estimate of drug-likeness (QED) is 0.669. The summed E-state index contributed by atoms with van der Waals surface area (Å²) in [5.41, 5.74) is 2.43. The van der Waals surface area contributed by atoms with Crippen molar-refractivity contribution in [2.75, 3.05) is 22.4 Å². The van der Waals surface area contributed by atoms with Crippen molar-refractivity contribution < 1.29 is 4.42 Å². The monoisotopic (exact) mass is 346 g/mol. The van der Waals surface area contributed by atoms with E-state index in [1.807, 2.05) is 18.2 Å². The Morgan fingerprint density at radius 1 is 1.41 bits per heavy atom. The first-order chi connectivity index (χ1) is 8.26. The predicted octanol–water partition coefficient (Wildman–Crippen LogP) is 2.77. The van der Waals surface area contributed by atoms with Crippen molar-refractivity contribution in [2.45, 2.75) is 13.3 Å². The lowest BCUT2D eigenvalue weighted by Crippen LogP contribution is -2.26. The molecule has 0 amide bonds. The molecule has 4 nitrogen and oxygen atoms in total. The third-order valence-electron chi connectivity index (χ3n) is 2.61. The van der Waals surface area contributed by atoms with Crippen LogP contribution in [-0.2, 0) is 0 Å². The SMILES string of the molecule is CCCN(CCI)c1cccc2[nH]c(=O)oc12. The third kappa shape index (κ3) is 2.65. The standard InChI is InChI=1S/C12H15IN2O2/c1-2-7-15(8-6-13)10-5-3-4-9-11(10)17-12(16)14-9/h3-5H,2,6-8H2,1H3,(H,14,16). The van der Waals surface area contributed by atoms with Crippen molar-refractivity contribution in [2.24, 2.45) is 0 Å². The number of aromatic nitrogens is 1. The summed E-state index contributed by atoms with van der Waals surface area (Å²) in [4.78, 5) is 16.2. The first-order valence-corrected chi connectivity index (χ1v) is 7.21. The van der Waals surface area contributed by atoms with Crippen molar-refractivity contribution in [1.29, 1.82) is 0 Å². The van der Waals surface area contributed by atoms with Gasteiger partial charge in [0.2, 0.25) is 0 Å². The van der Waals surface area contributed by atoms with Crippen LogP contribution >= 0.6 is 22.6 Å². The molecule has 0 radical (unpaired) electrons. The van der Waals surface area contributed by atoms with Gasteiger partial charge in [0.1, 0.15) is 0 Å². The van der Waals surface area contributed by atoms with Crippen LogP contribution in [0.4, 0.5) is 5.69 Å². The van der Waals surface area contributed by atoms with Crippen molar-refractivity contribution in [3.05, 3.63) is 28.7 Å². The van der Waals surface area contributed by atoms with Gasteiger partial charge in [-0.25, -0.2) is 4.79 Å². The molecule has 0 fully saturated rings. The van der Waals surface area contributed by atoms with Gasteiger partial charge >= 0.3 is 5.76 Å². The summed E-state index contributed by atoms with van der Waals surface area (Å²) in [5, 5.41) is 0. The molecule has 0 spiro atoms. The number of benzene rings is 1. The van der Waals surface area contributed by atoms with E-state index in [1.165, 1.54) is 0 Å². The fraction of sp³-hybridized carbons (Fsp3) is 0.417. The predicted molar refractivity (Wildman–Crippen MR) is 78.2 cm³/mol. The maximum absolute atomic E-state index is 11.2. The molecule has 92 valence electrons. The van der Waals surface area contributed by atoms with Crippen LogP contribution in [0.2, 0.25) is 0 Å². The molecule has 1 N–H and O–H groups in total. The maximum Gasteiger partial charge on any atom is 0.417 e. The molecular formula is C12H15IN2O2. The van der Waals surface area contributed by atoms with Crippen LogP contribution in [0.5, 0.6) is 0 Å². The molecular weight excluding hydrogens is 331 g/mol. The van der Waals surface area contributed by atoms with Crippen molar-refractivity contribution in [3.63, 3.8) is 0 Å². The van der Waals surface area contributed by atoms with E-state index in [0.29, 0.717) is 5.58 Å². The molecule has 0 aliphatic carbocycles. The van der Waals surface area contributed by atoms with Gasteiger partial charge in [0.25, 0.3) is 0 Å². The van der Waals surface area contributed by atoms with Gasteiger partial charge in [0.05, 0.1) is 11.2 Å². The minimum absolute atomic E-state index is 0.390. The molecule has 0 bridgehead atoms. The van der Waals surface area contributed by atoms with Crippen LogP contribution in [0.3, 0.4) is 0 Å². The van der Waals surface area contributed by atoms with Crippen LogP contribution in [0.25, 0.3) is 11.1 Å². The van der Waals surface area contributed by atoms with Gasteiger partial charge in [-0.05, 0) is 18.6 Å². The number of anilines is 1. The number of fused-ring (bicyclic) bond motifs is 1. The highest BCUT2D eigenvalue weighted by molar-refractivity contribution is 14.1. The third-order valence-corrected chi connectivity index (χ3v) is 3.10. The van der Waals surface area contributed by atoms with E-state index in [1.54, 1.807) is 0 Å². The van der Waals surface area contributed by atoms with E-state index >= 15 is 0 Å². The number of rotatable bonds is 5. The molecule has 1 aromatic heterocycles. The molecule has 17 heavy (non-hydrogen) atoms. The molecule has 5 heteroatoms. The Hall–Kier alpha value is -0.980. The smallest absolute Gasteiger partial charge is 0.406 e. The van der Waals surface area contributed by atoms with Crippen molar-refractivity contribution in [3.8, 4) is 0 Å². The van der Waals surface area contributed by atoms with Gasteiger partial charge < -0.3 is 9.32 Å². The summed E-state index contributed by atoms with van der Waals surface area (Å²) in [6.45, 7) is 4.08. The second-order valence-corrected chi connectivity index (χ2v) is 4.92. The number of hydrogen-bond acceptors (Lipinski definition) is 3. The Morgan fingerprint density at radius 2 is 2.24 bits per heavy atom. The Kier molecular flexibility index (Phi) is 4.09. The number of alkyl halides is 1. The molecule has 2 aromatic rings. The Morgan fingerprint density at radius 3 is 2.94 bits per heavy atom. The average molecular weight is 346 g/mol. The zero-order valence-corrected chi connectivity index (χ0v) is 11.9. The number of para-hydroxylation sites is 1. The Bertz CT molecular complexity index is 541. The number of nitrogens with zero attached hydrogens (tertiary/aromatic N) is 1. The lowest BCUT2D eigenvalue weighted by molar-refractivity contribution is 0.554. The Balaban J connectivity index is 2.47. The van der Waals surface area contributed by atoms with Crippen LogP contribution in [0, 0.1) is 0 Å². The highest BCUT2D eigenvalue weighted by Gasteiger charge is 2.12. The van der Waals surface area contributed by atoms with E-state index in [-0.39, 0.29) is 0 Å². The van der Waals surface area contributed by atoms with Crippen LogP contribution < -0.4 is 10.7 Å². The number of halogens is 1. The van der Waals surface area contributed by atoms with Gasteiger partial charge in [0.15, 0.2) is 5.58 Å². The minimum Gasteiger partial charge on any atom is -0.406 e. The molecule has 0 saturated carbocycles. The number of aromatic amines is 1. The lowest BCUT2D eigenvalue weighted by atomic mass is 10.2. The van der Waals surface area contributed by atoms with Crippen LogP contribution in [0.1, 0.15) is 13.3 Å². The largest absolute Gasteiger partial charge is 0.417 e.